The van der Waals surface area contributed by atoms with Gasteiger partial charge in [0.05, 0.1) is 16.9 Å². The third-order valence-corrected chi connectivity index (χ3v) is 5.76. The minimum absolute atomic E-state index is 0.0971. The van der Waals surface area contributed by atoms with Crippen LogP contribution < -0.4 is 10.0 Å². The van der Waals surface area contributed by atoms with Crippen LogP contribution in [0.5, 0.6) is 0 Å². The fourth-order valence-electron chi connectivity index (χ4n) is 2.96. The van der Waals surface area contributed by atoms with Gasteiger partial charge in [0, 0.05) is 19.6 Å². The molecular formula is C17H21N3O4S. The summed E-state index contributed by atoms with van der Waals surface area (Å²) in [6.07, 6.45) is 3.03. The number of rotatable bonds is 7. The maximum atomic E-state index is 12.2. The number of amides is 2. The lowest BCUT2D eigenvalue weighted by Gasteiger charge is -2.16. The van der Waals surface area contributed by atoms with Crippen LogP contribution in [-0.4, -0.2) is 57.1 Å². The van der Waals surface area contributed by atoms with Crippen molar-refractivity contribution in [1.82, 2.24) is 14.9 Å². The number of nitrogens with zero attached hydrogens (tertiary/aromatic N) is 1. The Morgan fingerprint density at radius 3 is 2.40 bits per heavy atom. The lowest BCUT2D eigenvalue weighted by molar-refractivity contribution is 0.0654. The van der Waals surface area contributed by atoms with Crippen LogP contribution >= 0.6 is 0 Å². The second-order valence-electron chi connectivity index (χ2n) is 6.12. The standard InChI is InChI=1S/C17H21N3O4S/c21-16-14-4-1-2-5-15(14)17(22)20(16)10-3-11-25(23,24)19-12-13-6-8-18-9-7-13/h1-2,4-6,18-19H,3,7-12H2. The molecule has 0 saturated heterocycles. The Morgan fingerprint density at radius 2 is 1.80 bits per heavy atom. The van der Waals surface area contributed by atoms with Gasteiger partial charge in [0.15, 0.2) is 0 Å². The van der Waals surface area contributed by atoms with Gasteiger partial charge in [-0.3, -0.25) is 14.5 Å². The topological polar surface area (TPSA) is 95.6 Å². The molecule has 0 atom stereocenters. The van der Waals surface area contributed by atoms with Gasteiger partial charge in [-0.1, -0.05) is 23.8 Å². The number of imide groups is 1. The van der Waals surface area contributed by atoms with Crippen molar-refractivity contribution in [3.05, 3.63) is 47.0 Å². The number of hydrogen-bond acceptors (Lipinski definition) is 5. The summed E-state index contributed by atoms with van der Waals surface area (Å²) in [6, 6.07) is 6.63. The van der Waals surface area contributed by atoms with E-state index < -0.39 is 10.0 Å². The highest BCUT2D eigenvalue weighted by molar-refractivity contribution is 7.89. The molecule has 0 unspecified atom stereocenters. The Morgan fingerprint density at radius 1 is 1.12 bits per heavy atom. The van der Waals surface area contributed by atoms with Gasteiger partial charge >= 0.3 is 0 Å². The first-order chi connectivity index (χ1) is 12.0. The molecular weight excluding hydrogens is 342 g/mol. The summed E-state index contributed by atoms with van der Waals surface area (Å²) < 4.78 is 26.8. The average molecular weight is 363 g/mol. The number of fused-ring (bicyclic) bond motifs is 1. The fourth-order valence-corrected chi connectivity index (χ4v) is 4.02. The number of sulfonamides is 1. The van der Waals surface area contributed by atoms with Gasteiger partial charge in [0.2, 0.25) is 10.0 Å². The molecule has 2 amide bonds. The van der Waals surface area contributed by atoms with Crippen molar-refractivity contribution in [3.8, 4) is 0 Å². The molecule has 2 aliphatic rings. The Bertz CT molecular complexity index is 782. The van der Waals surface area contributed by atoms with Crippen LogP contribution in [0.3, 0.4) is 0 Å². The van der Waals surface area contributed by atoms with Crippen LogP contribution in [-0.2, 0) is 10.0 Å². The van der Waals surface area contributed by atoms with E-state index in [1.54, 1.807) is 24.3 Å². The number of benzene rings is 1. The molecule has 7 nitrogen and oxygen atoms in total. The molecule has 134 valence electrons. The lowest BCUT2D eigenvalue weighted by atomic mass is 10.1. The zero-order chi connectivity index (χ0) is 17.9. The van der Waals surface area contributed by atoms with Gasteiger partial charge in [-0.25, -0.2) is 13.1 Å². The van der Waals surface area contributed by atoms with E-state index in [-0.39, 0.29) is 30.5 Å². The molecule has 0 bridgehead atoms. The molecule has 0 spiro atoms. The summed E-state index contributed by atoms with van der Waals surface area (Å²) in [5.74, 6) is -0.831. The summed E-state index contributed by atoms with van der Waals surface area (Å²) in [4.78, 5) is 25.6. The second kappa shape index (κ2) is 7.47. The van der Waals surface area contributed by atoms with E-state index in [4.69, 9.17) is 0 Å². The van der Waals surface area contributed by atoms with Gasteiger partial charge in [-0.05, 0) is 31.5 Å². The maximum Gasteiger partial charge on any atom is 0.261 e. The summed E-state index contributed by atoms with van der Waals surface area (Å²) in [5, 5.41) is 3.17. The van der Waals surface area contributed by atoms with Crippen molar-refractivity contribution < 1.29 is 18.0 Å². The van der Waals surface area contributed by atoms with Gasteiger partial charge in [-0.2, -0.15) is 0 Å². The summed E-state index contributed by atoms with van der Waals surface area (Å²) in [6.45, 7) is 2.03. The number of nitrogens with one attached hydrogen (secondary N) is 2. The van der Waals surface area contributed by atoms with Crippen molar-refractivity contribution in [1.29, 1.82) is 0 Å². The van der Waals surface area contributed by atoms with Gasteiger partial charge in [0.1, 0.15) is 0 Å². The SMILES string of the molecule is O=C1c2ccccc2C(=O)N1CCCS(=O)(=O)NCC1=CCNCC1. The van der Waals surface area contributed by atoms with Crippen molar-refractivity contribution in [2.45, 2.75) is 12.8 Å². The minimum Gasteiger partial charge on any atom is -0.313 e. The normalized spacial score (nSPS) is 17.6. The first kappa shape index (κ1) is 17.8. The Balaban J connectivity index is 1.50. The first-order valence-electron chi connectivity index (χ1n) is 8.29. The molecule has 1 aromatic rings. The molecule has 0 saturated carbocycles. The van der Waals surface area contributed by atoms with Gasteiger partial charge in [0.25, 0.3) is 11.8 Å². The van der Waals surface area contributed by atoms with Crippen molar-refractivity contribution >= 4 is 21.8 Å². The zero-order valence-electron chi connectivity index (χ0n) is 13.8. The van der Waals surface area contributed by atoms with Crippen LogP contribution in [0.2, 0.25) is 0 Å². The highest BCUT2D eigenvalue weighted by atomic mass is 32.2. The van der Waals surface area contributed by atoms with E-state index in [1.165, 1.54) is 0 Å². The second-order valence-corrected chi connectivity index (χ2v) is 8.04. The Hall–Kier alpha value is -2.03. The summed E-state index contributed by atoms with van der Waals surface area (Å²) in [7, 11) is -3.44. The molecule has 2 aliphatic heterocycles. The first-order valence-corrected chi connectivity index (χ1v) is 9.94. The highest BCUT2D eigenvalue weighted by Gasteiger charge is 2.34. The minimum atomic E-state index is -3.44. The maximum absolute atomic E-state index is 12.2. The van der Waals surface area contributed by atoms with Crippen LogP contribution in [0.25, 0.3) is 0 Å². The van der Waals surface area contributed by atoms with Crippen LogP contribution in [0, 0.1) is 0 Å². The van der Waals surface area contributed by atoms with Crippen LogP contribution in [0.1, 0.15) is 33.6 Å². The van der Waals surface area contributed by atoms with Crippen LogP contribution in [0.4, 0.5) is 0 Å². The van der Waals surface area contributed by atoms with Crippen molar-refractivity contribution in [2.75, 3.05) is 31.9 Å². The Kier molecular flexibility index (Phi) is 5.31. The molecule has 0 aliphatic carbocycles. The highest BCUT2D eigenvalue weighted by Crippen LogP contribution is 2.22. The predicted molar refractivity (Wildman–Crippen MR) is 93.8 cm³/mol. The van der Waals surface area contributed by atoms with Crippen molar-refractivity contribution in [2.24, 2.45) is 0 Å². The van der Waals surface area contributed by atoms with E-state index in [1.807, 2.05) is 6.08 Å². The van der Waals surface area contributed by atoms with Gasteiger partial charge in [-0.15, -0.1) is 0 Å². The van der Waals surface area contributed by atoms with Gasteiger partial charge < -0.3 is 5.32 Å². The van der Waals surface area contributed by atoms with E-state index in [2.05, 4.69) is 10.0 Å². The van der Waals surface area contributed by atoms with Crippen LogP contribution in [0.15, 0.2) is 35.9 Å². The zero-order valence-corrected chi connectivity index (χ0v) is 14.6. The molecule has 25 heavy (non-hydrogen) atoms. The molecule has 2 N–H and O–H groups in total. The van der Waals surface area contributed by atoms with E-state index in [9.17, 15) is 18.0 Å². The molecule has 8 heteroatoms. The molecule has 0 aromatic heterocycles. The number of carbonyl (C=O) groups is 2. The summed E-state index contributed by atoms with van der Waals surface area (Å²) >= 11 is 0. The quantitative estimate of drug-likeness (QED) is 0.544. The molecule has 0 radical (unpaired) electrons. The van der Waals surface area contributed by atoms with E-state index in [0.717, 1.165) is 30.0 Å². The Labute approximate surface area is 147 Å². The summed E-state index contributed by atoms with van der Waals surface area (Å²) in [5.41, 5.74) is 1.83. The smallest absolute Gasteiger partial charge is 0.261 e. The lowest BCUT2D eigenvalue weighted by Crippen LogP contribution is -2.34. The third-order valence-electron chi connectivity index (χ3n) is 4.35. The molecule has 1 aromatic carbocycles. The molecule has 0 fully saturated rings. The number of carbonyl (C=O) groups excluding carboxylic acids is 2. The number of hydrogen-bond donors (Lipinski definition) is 2. The van der Waals surface area contributed by atoms with E-state index in [0.29, 0.717) is 17.7 Å². The fraction of sp³-hybridized carbons (Fsp3) is 0.412. The molecule has 2 heterocycles. The monoisotopic (exact) mass is 363 g/mol. The third kappa shape index (κ3) is 4.15. The average Bonchev–Trinajstić information content (AvgIpc) is 2.86. The van der Waals surface area contributed by atoms with Crippen molar-refractivity contribution in [3.63, 3.8) is 0 Å². The van der Waals surface area contributed by atoms with E-state index >= 15 is 0 Å². The predicted octanol–water partition coefficient (Wildman–Crippen LogP) is 0.512. The largest absolute Gasteiger partial charge is 0.313 e. The molecule has 3 rings (SSSR count).